The predicted octanol–water partition coefficient (Wildman–Crippen LogP) is 3.37. The minimum Gasteiger partial charge on any atom is -0.353 e. The number of hydrogen-bond acceptors (Lipinski definition) is 2. The minimum atomic E-state index is -0.0886. The maximum atomic E-state index is 12.6. The molecule has 114 valence electrons. The van der Waals surface area contributed by atoms with Crippen LogP contribution in [0.1, 0.15) is 55.6 Å². The lowest BCUT2D eigenvalue weighted by Gasteiger charge is -2.27. The molecule has 1 aliphatic carbocycles. The molecular weight excluding hydrogens is 284 g/mol. The smallest absolute Gasteiger partial charge is 0.229 e. The Labute approximate surface area is 131 Å². The summed E-state index contributed by atoms with van der Waals surface area (Å²) in [4.78, 5) is 12.6. The van der Waals surface area contributed by atoms with Crippen molar-refractivity contribution < 1.29 is 4.79 Å². The molecule has 2 aliphatic rings. The Morgan fingerprint density at radius 2 is 1.95 bits per heavy atom. The minimum absolute atomic E-state index is 0.0886. The van der Waals surface area contributed by atoms with Crippen LogP contribution in [0.5, 0.6) is 0 Å². The first-order valence-corrected chi connectivity index (χ1v) is 8.41. The summed E-state index contributed by atoms with van der Waals surface area (Å²) < 4.78 is 0. The number of benzene rings is 1. The molecule has 1 unspecified atom stereocenters. The molecule has 1 fully saturated rings. The number of fused-ring (bicyclic) bond motifs is 1. The van der Waals surface area contributed by atoms with Gasteiger partial charge in [-0.15, -0.1) is 0 Å². The van der Waals surface area contributed by atoms with Crippen LogP contribution in [0, 0.1) is 0 Å². The van der Waals surface area contributed by atoms with E-state index in [4.69, 9.17) is 11.6 Å². The largest absolute Gasteiger partial charge is 0.353 e. The monoisotopic (exact) mass is 306 g/mol. The normalized spacial score (nSPS) is 23.2. The lowest BCUT2D eigenvalue weighted by Crippen LogP contribution is -2.43. The van der Waals surface area contributed by atoms with Gasteiger partial charge in [-0.2, -0.15) is 0 Å². The number of rotatable bonds is 2. The highest BCUT2D eigenvalue weighted by Crippen LogP contribution is 2.27. The van der Waals surface area contributed by atoms with E-state index in [0.29, 0.717) is 12.6 Å². The van der Waals surface area contributed by atoms with E-state index >= 15 is 0 Å². The molecule has 1 aliphatic heterocycles. The average Bonchev–Trinajstić information content (AvgIpc) is 2.75. The summed E-state index contributed by atoms with van der Waals surface area (Å²) in [5, 5.41) is 7.34. The highest BCUT2D eigenvalue weighted by Gasteiger charge is 2.28. The lowest BCUT2D eigenvalue weighted by molar-refractivity contribution is -0.123. The third-order valence-electron chi connectivity index (χ3n) is 4.66. The summed E-state index contributed by atoms with van der Waals surface area (Å²) >= 11 is 6.05. The second-order valence-corrected chi connectivity index (χ2v) is 6.66. The molecule has 1 aromatic carbocycles. The van der Waals surface area contributed by atoms with Gasteiger partial charge >= 0.3 is 0 Å². The van der Waals surface area contributed by atoms with Gasteiger partial charge < -0.3 is 10.6 Å². The number of amides is 1. The fourth-order valence-electron chi connectivity index (χ4n) is 3.49. The molecule has 4 heteroatoms. The molecular formula is C17H23ClN2O. The van der Waals surface area contributed by atoms with E-state index in [0.717, 1.165) is 35.5 Å². The van der Waals surface area contributed by atoms with Crippen molar-refractivity contribution in [3.8, 4) is 0 Å². The molecule has 1 saturated carbocycles. The van der Waals surface area contributed by atoms with Gasteiger partial charge in [0.1, 0.15) is 0 Å². The lowest BCUT2D eigenvalue weighted by atomic mass is 9.90. The highest BCUT2D eigenvalue weighted by molar-refractivity contribution is 6.30. The van der Waals surface area contributed by atoms with E-state index in [1.165, 1.54) is 25.7 Å². The maximum Gasteiger partial charge on any atom is 0.229 e. The summed E-state index contributed by atoms with van der Waals surface area (Å²) in [6, 6.07) is 6.22. The molecule has 0 radical (unpaired) electrons. The van der Waals surface area contributed by atoms with E-state index in [9.17, 15) is 4.79 Å². The topological polar surface area (TPSA) is 41.1 Å². The Morgan fingerprint density at radius 3 is 2.71 bits per heavy atom. The average molecular weight is 307 g/mol. The Bertz CT molecular complexity index is 510. The standard InChI is InChI=1S/C17H23ClN2O/c18-13-7-8-15-12(9-13)10-19-11-16(15)17(21)20-14-5-3-1-2-4-6-14/h7-9,14,16,19H,1-6,10-11H2,(H,20,21). The van der Waals surface area contributed by atoms with Gasteiger partial charge in [0.2, 0.25) is 5.91 Å². The van der Waals surface area contributed by atoms with Crippen molar-refractivity contribution in [1.82, 2.24) is 10.6 Å². The van der Waals surface area contributed by atoms with Gasteiger partial charge in [0.05, 0.1) is 5.92 Å². The molecule has 1 heterocycles. The molecule has 1 atom stereocenters. The first-order valence-electron chi connectivity index (χ1n) is 8.03. The Kier molecular flexibility index (Phi) is 4.81. The quantitative estimate of drug-likeness (QED) is 0.823. The molecule has 0 saturated heterocycles. The van der Waals surface area contributed by atoms with Gasteiger partial charge in [0.25, 0.3) is 0 Å². The Hall–Kier alpha value is -1.06. The molecule has 2 N–H and O–H groups in total. The number of hydrogen-bond donors (Lipinski definition) is 2. The van der Waals surface area contributed by atoms with Crippen LogP contribution in [0.2, 0.25) is 5.02 Å². The first-order chi connectivity index (χ1) is 10.2. The molecule has 0 spiro atoms. The van der Waals surface area contributed by atoms with Gasteiger partial charge in [-0.1, -0.05) is 43.4 Å². The number of carbonyl (C=O) groups is 1. The van der Waals surface area contributed by atoms with Crippen LogP contribution < -0.4 is 10.6 Å². The summed E-state index contributed by atoms with van der Waals surface area (Å²) in [6.07, 6.45) is 7.33. The fourth-order valence-corrected chi connectivity index (χ4v) is 3.68. The third-order valence-corrected chi connectivity index (χ3v) is 4.90. The zero-order valence-corrected chi connectivity index (χ0v) is 13.1. The number of carbonyl (C=O) groups excluding carboxylic acids is 1. The third kappa shape index (κ3) is 3.58. The summed E-state index contributed by atoms with van der Waals surface area (Å²) in [6.45, 7) is 1.51. The summed E-state index contributed by atoms with van der Waals surface area (Å²) in [7, 11) is 0. The van der Waals surface area contributed by atoms with Crippen molar-refractivity contribution in [1.29, 1.82) is 0 Å². The van der Waals surface area contributed by atoms with Crippen LogP contribution in [0.4, 0.5) is 0 Å². The fraction of sp³-hybridized carbons (Fsp3) is 0.588. The van der Waals surface area contributed by atoms with Crippen LogP contribution in [0.3, 0.4) is 0 Å². The van der Waals surface area contributed by atoms with E-state index in [1.54, 1.807) is 0 Å². The van der Waals surface area contributed by atoms with Crippen LogP contribution in [0.15, 0.2) is 18.2 Å². The Balaban J connectivity index is 1.70. The molecule has 3 nitrogen and oxygen atoms in total. The predicted molar refractivity (Wildman–Crippen MR) is 85.5 cm³/mol. The van der Waals surface area contributed by atoms with Crippen molar-refractivity contribution in [2.24, 2.45) is 0 Å². The molecule has 1 amide bonds. The highest BCUT2D eigenvalue weighted by atomic mass is 35.5. The molecule has 0 bridgehead atoms. The van der Waals surface area contributed by atoms with E-state index in [1.807, 2.05) is 18.2 Å². The summed E-state index contributed by atoms with van der Waals surface area (Å²) in [5.41, 5.74) is 2.28. The molecule has 3 rings (SSSR count). The van der Waals surface area contributed by atoms with Gasteiger partial charge in [0.15, 0.2) is 0 Å². The zero-order chi connectivity index (χ0) is 14.7. The van der Waals surface area contributed by atoms with Gasteiger partial charge in [-0.25, -0.2) is 0 Å². The first kappa shape index (κ1) is 14.9. The van der Waals surface area contributed by atoms with Gasteiger partial charge in [-0.3, -0.25) is 4.79 Å². The number of nitrogens with one attached hydrogen (secondary N) is 2. The van der Waals surface area contributed by atoms with Crippen molar-refractivity contribution in [3.05, 3.63) is 34.3 Å². The van der Waals surface area contributed by atoms with Crippen LogP contribution in [0.25, 0.3) is 0 Å². The number of halogens is 1. The second kappa shape index (κ2) is 6.80. The molecule has 1 aromatic rings. The molecule has 21 heavy (non-hydrogen) atoms. The second-order valence-electron chi connectivity index (χ2n) is 6.22. The van der Waals surface area contributed by atoms with Crippen molar-refractivity contribution in [3.63, 3.8) is 0 Å². The van der Waals surface area contributed by atoms with Crippen LogP contribution >= 0.6 is 11.6 Å². The SMILES string of the molecule is O=C(NC1CCCCCC1)C1CNCc2cc(Cl)ccc21. The Morgan fingerprint density at radius 1 is 1.19 bits per heavy atom. The summed E-state index contributed by atoms with van der Waals surface area (Å²) in [5.74, 6) is 0.0759. The van der Waals surface area contributed by atoms with Crippen LogP contribution in [-0.4, -0.2) is 18.5 Å². The molecule has 0 aromatic heterocycles. The van der Waals surface area contributed by atoms with E-state index < -0.39 is 0 Å². The van der Waals surface area contributed by atoms with Crippen molar-refractivity contribution in [2.45, 2.75) is 57.0 Å². The van der Waals surface area contributed by atoms with E-state index in [-0.39, 0.29) is 11.8 Å². The van der Waals surface area contributed by atoms with Gasteiger partial charge in [0, 0.05) is 24.2 Å². The van der Waals surface area contributed by atoms with Crippen molar-refractivity contribution in [2.75, 3.05) is 6.54 Å². The maximum absolute atomic E-state index is 12.6. The van der Waals surface area contributed by atoms with E-state index in [2.05, 4.69) is 10.6 Å². The van der Waals surface area contributed by atoms with Crippen LogP contribution in [-0.2, 0) is 11.3 Å². The van der Waals surface area contributed by atoms with Crippen molar-refractivity contribution >= 4 is 17.5 Å². The van der Waals surface area contributed by atoms with Gasteiger partial charge in [-0.05, 0) is 36.1 Å². The zero-order valence-electron chi connectivity index (χ0n) is 12.3.